The number of hydrogen-bond acceptors (Lipinski definition) is 2. The molecule has 2 amide bonds. The van der Waals surface area contributed by atoms with Crippen molar-refractivity contribution >= 4 is 11.8 Å². The summed E-state index contributed by atoms with van der Waals surface area (Å²) in [5.41, 5.74) is 2.75. The molecular weight excluding hydrogens is 338 g/mol. The van der Waals surface area contributed by atoms with Gasteiger partial charge in [0, 0.05) is 36.8 Å². The largest absolute Gasteiger partial charge is 0.355 e. The SMILES string of the molecule is CCN(CC)C(=O)[C@@H](c1ccccc1)[NH+](C)Cc1ccc(C(=O)NC)cc1. The molecule has 144 valence electrons. The molecule has 27 heavy (non-hydrogen) atoms. The number of quaternary nitrogens is 1. The van der Waals surface area contributed by atoms with E-state index in [2.05, 4.69) is 5.32 Å². The predicted molar refractivity (Wildman–Crippen MR) is 108 cm³/mol. The molecule has 0 aliphatic carbocycles. The highest BCUT2D eigenvalue weighted by atomic mass is 16.2. The van der Waals surface area contributed by atoms with Crippen LogP contribution in [0.15, 0.2) is 54.6 Å². The summed E-state index contributed by atoms with van der Waals surface area (Å²) in [5.74, 6) is 0.0480. The van der Waals surface area contributed by atoms with Crippen LogP contribution in [0.5, 0.6) is 0 Å². The summed E-state index contributed by atoms with van der Waals surface area (Å²) >= 11 is 0. The smallest absolute Gasteiger partial charge is 0.285 e. The Kier molecular flexibility index (Phi) is 7.55. The van der Waals surface area contributed by atoms with E-state index in [1.165, 1.54) is 0 Å². The molecule has 5 heteroatoms. The maximum absolute atomic E-state index is 13.2. The van der Waals surface area contributed by atoms with E-state index in [-0.39, 0.29) is 17.9 Å². The molecule has 0 aliphatic rings. The predicted octanol–water partition coefficient (Wildman–Crippen LogP) is 1.67. The highest BCUT2D eigenvalue weighted by Crippen LogP contribution is 2.14. The minimum absolute atomic E-state index is 0.0962. The second-order valence-electron chi connectivity index (χ2n) is 6.65. The summed E-state index contributed by atoms with van der Waals surface area (Å²) in [6, 6.07) is 17.3. The Balaban J connectivity index is 2.24. The average molecular weight is 369 g/mol. The van der Waals surface area contributed by atoms with Gasteiger partial charge >= 0.3 is 0 Å². The van der Waals surface area contributed by atoms with Crippen LogP contribution in [-0.2, 0) is 11.3 Å². The molecule has 0 aliphatic heterocycles. The zero-order valence-corrected chi connectivity index (χ0v) is 16.7. The van der Waals surface area contributed by atoms with Gasteiger partial charge in [0.1, 0.15) is 6.54 Å². The molecule has 2 aromatic carbocycles. The molecule has 2 rings (SSSR count). The lowest BCUT2D eigenvalue weighted by Gasteiger charge is -2.29. The molecule has 2 aromatic rings. The van der Waals surface area contributed by atoms with Crippen molar-refractivity contribution in [1.82, 2.24) is 10.2 Å². The van der Waals surface area contributed by atoms with Crippen molar-refractivity contribution in [3.05, 3.63) is 71.3 Å². The normalized spacial score (nSPS) is 12.9. The highest BCUT2D eigenvalue weighted by Gasteiger charge is 2.31. The zero-order valence-electron chi connectivity index (χ0n) is 16.7. The molecule has 0 bridgehead atoms. The van der Waals surface area contributed by atoms with Crippen LogP contribution >= 0.6 is 0 Å². The molecule has 1 unspecified atom stereocenters. The summed E-state index contributed by atoms with van der Waals surface area (Å²) in [5, 5.41) is 2.63. The number of amides is 2. The number of benzene rings is 2. The Morgan fingerprint density at radius 1 is 1.00 bits per heavy atom. The molecular formula is C22H30N3O2+. The molecule has 0 aromatic heterocycles. The van der Waals surface area contributed by atoms with Gasteiger partial charge in [-0.15, -0.1) is 0 Å². The minimum atomic E-state index is -0.260. The van der Waals surface area contributed by atoms with Crippen molar-refractivity contribution < 1.29 is 14.5 Å². The minimum Gasteiger partial charge on any atom is -0.355 e. The van der Waals surface area contributed by atoms with Gasteiger partial charge in [0.05, 0.1) is 7.05 Å². The van der Waals surface area contributed by atoms with Crippen molar-refractivity contribution in [3.63, 3.8) is 0 Å². The quantitative estimate of drug-likeness (QED) is 0.745. The topological polar surface area (TPSA) is 53.9 Å². The van der Waals surface area contributed by atoms with Crippen LogP contribution in [0.1, 0.15) is 41.4 Å². The first-order valence-electron chi connectivity index (χ1n) is 9.48. The first-order chi connectivity index (χ1) is 13.0. The van der Waals surface area contributed by atoms with Crippen LogP contribution in [0.4, 0.5) is 0 Å². The Morgan fingerprint density at radius 3 is 2.11 bits per heavy atom. The van der Waals surface area contributed by atoms with E-state index < -0.39 is 0 Å². The fourth-order valence-electron chi connectivity index (χ4n) is 3.34. The van der Waals surface area contributed by atoms with E-state index in [1.54, 1.807) is 7.05 Å². The number of nitrogens with zero attached hydrogens (tertiary/aromatic N) is 1. The van der Waals surface area contributed by atoms with Gasteiger partial charge in [0.15, 0.2) is 6.04 Å². The molecule has 5 nitrogen and oxygen atoms in total. The number of hydrogen-bond donors (Lipinski definition) is 2. The highest BCUT2D eigenvalue weighted by molar-refractivity contribution is 5.93. The van der Waals surface area contributed by atoms with Gasteiger partial charge in [-0.25, -0.2) is 0 Å². The fraction of sp³-hybridized carbons (Fsp3) is 0.364. The van der Waals surface area contributed by atoms with Gasteiger partial charge in [-0.1, -0.05) is 42.5 Å². The molecule has 0 saturated carbocycles. The second kappa shape index (κ2) is 9.88. The van der Waals surface area contributed by atoms with Gasteiger partial charge in [0.2, 0.25) is 0 Å². The van der Waals surface area contributed by atoms with Gasteiger partial charge in [0.25, 0.3) is 11.8 Å². The monoisotopic (exact) mass is 368 g/mol. The molecule has 2 N–H and O–H groups in total. The Hall–Kier alpha value is -2.66. The second-order valence-corrected chi connectivity index (χ2v) is 6.65. The van der Waals surface area contributed by atoms with Crippen LogP contribution < -0.4 is 10.2 Å². The van der Waals surface area contributed by atoms with E-state index in [0.717, 1.165) is 16.0 Å². The van der Waals surface area contributed by atoms with Crippen molar-refractivity contribution in [2.24, 2.45) is 0 Å². The van der Waals surface area contributed by atoms with Gasteiger partial charge in [-0.2, -0.15) is 0 Å². The van der Waals surface area contributed by atoms with E-state index in [1.807, 2.05) is 80.4 Å². The number of carbonyl (C=O) groups is 2. The van der Waals surface area contributed by atoms with Gasteiger partial charge in [-0.05, 0) is 26.0 Å². The van der Waals surface area contributed by atoms with E-state index in [0.29, 0.717) is 25.2 Å². The molecule has 0 radical (unpaired) electrons. The summed E-state index contributed by atoms with van der Waals surface area (Å²) in [4.78, 5) is 27.9. The van der Waals surface area contributed by atoms with Crippen LogP contribution in [0.2, 0.25) is 0 Å². The third-order valence-corrected chi connectivity index (χ3v) is 4.87. The Morgan fingerprint density at radius 2 is 1.59 bits per heavy atom. The molecule has 0 spiro atoms. The Labute approximate surface area is 162 Å². The zero-order chi connectivity index (χ0) is 19.8. The van der Waals surface area contributed by atoms with Gasteiger partial charge < -0.3 is 15.1 Å². The first kappa shape index (κ1) is 20.6. The molecule has 2 atom stereocenters. The summed E-state index contributed by atoms with van der Waals surface area (Å²) in [6.07, 6.45) is 0. The lowest BCUT2D eigenvalue weighted by Crippen LogP contribution is -3.09. The summed E-state index contributed by atoms with van der Waals surface area (Å²) < 4.78 is 0. The van der Waals surface area contributed by atoms with E-state index >= 15 is 0 Å². The molecule has 0 saturated heterocycles. The maximum Gasteiger partial charge on any atom is 0.285 e. The van der Waals surface area contributed by atoms with Crippen molar-refractivity contribution in [2.75, 3.05) is 27.2 Å². The number of likely N-dealkylation sites (N-methyl/N-ethyl adjacent to an activating group) is 2. The summed E-state index contributed by atoms with van der Waals surface area (Å²) in [6.45, 7) is 6.12. The number of carbonyl (C=O) groups excluding carboxylic acids is 2. The molecule has 0 fully saturated rings. The molecule has 0 heterocycles. The standard InChI is InChI=1S/C22H29N3O2/c1-5-25(6-2)22(27)20(18-10-8-7-9-11-18)24(4)16-17-12-14-19(15-13-17)21(26)23-3/h7-15,20H,5-6,16H2,1-4H3,(H,23,26)/p+1/t20-/m1/s1. The van der Waals surface area contributed by atoms with Crippen LogP contribution in [0.25, 0.3) is 0 Å². The maximum atomic E-state index is 13.2. The Bertz CT molecular complexity index is 740. The van der Waals surface area contributed by atoms with Crippen LogP contribution in [0, 0.1) is 0 Å². The fourth-order valence-corrected chi connectivity index (χ4v) is 3.34. The van der Waals surface area contributed by atoms with Gasteiger partial charge in [-0.3, -0.25) is 9.59 Å². The number of nitrogens with one attached hydrogen (secondary N) is 2. The van der Waals surface area contributed by atoms with Crippen LogP contribution in [0.3, 0.4) is 0 Å². The van der Waals surface area contributed by atoms with Crippen molar-refractivity contribution in [2.45, 2.75) is 26.4 Å². The van der Waals surface area contributed by atoms with Crippen molar-refractivity contribution in [1.29, 1.82) is 0 Å². The summed E-state index contributed by atoms with van der Waals surface area (Å²) in [7, 11) is 3.67. The lowest BCUT2D eigenvalue weighted by molar-refractivity contribution is -0.916. The lowest BCUT2D eigenvalue weighted by atomic mass is 10.0. The van der Waals surface area contributed by atoms with E-state index in [9.17, 15) is 9.59 Å². The van der Waals surface area contributed by atoms with E-state index in [4.69, 9.17) is 0 Å². The number of rotatable bonds is 8. The first-order valence-corrected chi connectivity index (χ1v) is 9.48. The van der Waals surface area contributed by atoms with Crippen molar-refractivity contribution in [3.8, 4) is 0 Å². The third-order valence-electron chi connectivity index (χ3n) is 4.87. The van der Waals surface area contributed by atoms with Crippen LogP contribution in [-0.4, -0.2) is 43.9 Å². The third kappa shape index (κ3) is 5.17. The average Bonchev–Trinajstić information content (AvgIpc) is 2.70.